The number of H-pyrrole nitrogens is 1. The minimum absolute atomic E-state index is 0.172. The first-order chi connectivity index (χ1) is 8.78. The maximum absolute atomic E-state index is 12.0. The molecule has 4 nitrogen and oxygen atoms in total. The number of rotatable bonds is 2. The highest BCUT2D eigenvalue weighted by molar-refractivity contribution is 5.98. The Morgan fingerprint density at radius 1 is 1.28 bits per heavy atom. The summed E-state index contributed by atoms with van der Waals surface area (Å²) in [7, 11) is 1.65. The van der Waals surface area contributed by atoms with E-state index in [0.29, 0.717) is 6.42 Å². The highest BCUT2D eigenvalue weighted by atomic mass is 16.5. The fraction of sp³-hybridized carbons (Fsp3) is 0.286. The average molecular weight is 242 g/mol. The quantitative estimate of drug-likeness (QED) is 0.879. The third-order valence-electron chi connectivity index (χ3n) is 3.49. The van der Waals surface area contributed by atoms with E-state index in [1.54, 1.807) is 13.3 Å². The van der Waals surface area contributed by atoms with E-state index >= 15 is 0 Å². The highest BCUT2D eigenvalue weighted by Gasteiger charge is 2.27. The monoisotopic (exact) mass is 242 g/mol. The molecule has 0 saturated carbocycles. The maximum Gasteiger partial charge on any atom is 0.166 e. The molecule has 0 amide bonds. The van der Waals surface area contributed by atoms with Crippen LogP contribution in [0.5, 0.6) is 5.75 Å². The van der Waals surface area contributed by atoms with Gasteiger partial charge >= 0.3 is 0 Å². The largest absolute Gasteiger partial charge is 0.497 e. The van der Waals surface area contributed by atoms with Gasteiger partial charge in [0.2, 0.25) is 0 Å². The molecule has 4 heteroatoms. The van der Waals surface area contributed by atoms with Crippen molar-refractivity contribution in [3.8, 4) is 5.75 Å². The van der Waals surface area contributed by atoms with E-state index in [1.807, 2.05) is 24.3 Å². The molecule has 0 bridgehead atoms. The van der Waals surface area contributed by atoms with Crippen molar-refractivity contribution >= 4 is 5.78 Å². The van der Waals surface area contributed by atoms with Gasteiger partial charge in [0.05, 0.1) is 18.9 Å². The predicted octanol–water partition coefficient (Wildman–Crippen LogP) is 2.33. The molecular formula is C14H14N2O2. The van der Waals surface area contributed by atoms with E-state index in [1.165, 1.54) is 5.56 Å². The average Bonchev–Trinajstić information content (AvgIpc) is 2.88. The first-order valence-electron chi connectivity index (χ1n) is 5.97. The van der Waals surface area contributed by atoms with Gasteiger partial charge in [0.25, 0.3) is 0 Å². The molecule has 1 heterocycles. The molecule has 0 spiro atoms. The minimum Gasteiger partial charge on any atom is -0.497 e. The number of ether oxygens (including phenoxy) is 1. The van der Waals surface area contributed by atoms with Crippen molar-refractivity contribution in [2.75, 3.05) is 7.11 Å². The number of hydrogen-bond acceptors (Lipinski definition) is 3. The number of aromatic amines is 1. The number of ketones is 1. The van der Waals surface area contributed by atoms with Crippen LogP contribution in [0.3, 0.4) is 0 Å². The number of carbonyl (C=O) groups excluding carboxylic acids is 1. The van der Waals surface area contributed by atoms with Gasteiger partial charge in [0.1, 0.15) is 5.75 Å². The van der Waals surface area contributed by atoms with Crippen molar-refractivity contribution in [2.24, 2.45) is 0 Å². The van der Waals surface area contributed by atoms with Crippen molar-refractivity contribution < 1.29 is 9.53 Å². The van der Waals surface area contributed by atoms with E-state index in [2.05, 4.69) is 10.2 Å². The number of benzene rings is 1. The summed E-state index contributed by atoms with van der Waals surface area (Å²) in [5.41, 5.74) is 2.87. The van der Waals surface area contributed by atoms with Gasteiger partial charge in [0.15, 0.2) is 5.78 Å². The molecule has 1 atom stereocenters. The maximum atomic E-state index is 12.0. The molecule has 0 unspecified atom stereocenters. The van der Waals surface area contributed by atoms with Crippen LogP contribution in [0, 0.1) is 0 Å². The normalized spacial score (nSPS) is 18.5. The number of aromatic nitrogens is 2. The smallest absolute Gasteiger partial charge is 0.166 e. The Hall–Kier alpha value is -2.10. The molecule has 2 aromatic rings. The van der Waals surface area contributed by atoms with Crippen molar-refractivity contribution in [1.82, 2.24) is 10.2 Å². The summed E-state index contributed by atoms with van der Waals surface area (Å²) >= 11 is 0. The molecule has 1 N–H and O–H groups in total. The summed E-state index contributed by atoms with van der Waals surface area (Å²) in [6, 6.07) is 7.92. The van der Waals surface area contributed by atoms with E-state index in [-0.39, 0.29) is 11.7 Å². The number of nitrogens with one attached hydrogen (secondary N) is 1. The molecule has 3 rings (SSSR count). The number of hydrogen-bond donors (Lipinski definition) is 1. The van der Waals surface area contributed by atoms with Gasteiger partial charge in [-0.25, -0.2) is 0 Å². The SMILES string of the molecule is COc1ccc([C@H]2CC(=O)c3cn[nH]c3C2)cc1. The molecule has 92 valence electrons. The molecule has 0 radical (unpaired) electrons. The van der Waals surface area contributed by atoms with Gasteiger partial charge in [-0.15, -0.1) is 0 Å². The lowest BCUT2D eigenvalue weighted by atomic mass is 9.82. The fourth-order valence-electron chi connectivity index (χ4n) is 2.47. The zero-order valence-corrected chi connectivity index (χ0v) is 10.1. The van der Waals surface area contributed by atoms with Gasteiger partial charge in [-0.2, -0.15) is 5.10 Å². The Balaban J connectivity index is 1.88. The topological polar surface area (TPSA) is 55.0 Å². The van der Waals surface area contributed by atoms with Gasteiger partial charge < -0.3 is 4.74 Å². The third kappa shape index (κ3) is 1.79. The second-order valence-electron chi connectivity index (χ2n) is 4.56. The lowest BCUT2D eigenvalue weighted by molar-refractivity contribution is 0.0964. The molecule has 18 heavy (non-hydrogen) atoms. The second-order valence-corrected chi connectivity index (χ2v) is 4.56. The van der Waals surface area contributed by atoms with Crippen LogP contribution in [0.4, 0.5) is 0 Å². The predicted molar refractivity (Wildman–Crippen MR) is 67.0 cm³/mol. The molecule has 1 aliphatic rings. The zero-order valence-electron chi connectivity index (χ0n) is 10.1. The minimum atomic E-state index is 0.172. The number of methoxy groups -OCH3 is 1. The molecular weight excluding hydrogens is 228 g/mol. The summed E-state index contributed by atoms with van der Waals surface area (Å²) in [4.78, 5) is 12.0. The number of fused-ring (bicyclic) bond motifs is 1. The van der Waals surface area contributed by atoms with E-state index in [4.69, 9.17) is 4.74 Å². The standard InChI is InChI=1S/C14H14N2O2/c1-18-11-4-2-9(3-5-11)10-6-13-12(8-15-16-13)14(17)7-10/h2-5,8,10H,6-7H2,1H3,(H,15,16)/t10-/m1/s1. The van der Waals surface area contributed by atoms with Crippen LogP contribution in [-0.4, -0.2) is 23.1 Å². The van der Waals surface area contributed by atoms with E-state index in [0.717, 1.165) is 23.4 Å². The Morgan fingerprint density at radius 2 is 2.06 bits per heavy atom. The number of Topliss-reactive ketones (excluding diaryl/α,β-unsaturated/α-hetero) is 1. The first kappa shape index (κ1) is 11.0. The Morgan fingerprint density at radius 3 is 2.78 bits per heavy atom. The molecule has 1 aliphatic carbocycles. The summed E-state index contributed by atoms with van der Waals surface area (Å²) in [5.74, 6) is 1.24. The molecule has 0 aliphatic heterocycles. The molecule has 1 aromatic heterocycles. The van der Waals surface area contributed by atoms with Crippen LogP contribution >= 0.6 is 0 Å². The Kier molecular flexibility index (Phi) is 2.63. The van der Waals surface area contributed by atoms with E-state index < -0.39 is 0 Å². The summed E-state index contributed by atoms with van der Waals surface area (Å²) in [5, 5.41) is 6.86. The van der Waals surface area contributed by atoms with Gasteiger partial charge in [-0.05, 0) is 30.0 Å². The lowest BCUT2D eigenvalue weighted by Gasteiger charge is -2.21. The van der Waals surface area contributed by atoms with Crippen LogP contribution < -0.4 is 4.74 Å². The van der Waals surface area contributed by atoms with Crippen molar-refractivity contribution in [3.05, 3.63) is 47.3 Å². The molecule has 1 aromatic carbocycles. The van der Waals surface area contributed by atoms with Crippen LogP contribution in [0.1, 0.15) is 34.0 Å². The van der Waals surface area contributed by atoms with E-state index in [9.17, 15) is 4.79 Å². The van der Waals surface area contributed by atoms with Gasteiger partial charge in [-0.3, -0.25) is 9.89 Å². The molecule has 0 saturated heterocycles. The summed E-state index contributed by atoms with van der Waals surface area (Å²) in [6.07, 6.45) is 3.02. The zero-order chi connectivity index (χ0) is 12.5. The Bertz CT molecular complexity index is 572. The summed E-state index contributed by atoms with van der Waals surface area (Å²) in [6.45, 7) is 0. The summed E-state index contributed by atoms with van der Waals surface area (Å²) < 4.78 is 5.14. The van der Waals surface area contributed by atoms with Gasteiger partial charge in [0, 0.05) is 12.1 Å². The lowest BCUT2D eigenvalue weighted by Crippen LogP contribution is -2.17. The van der Waals surface area contributed by atoms with Crippen molar-refractivity contribution in [1.29, 1.82) is 0 Å². The fourth-order valence-corrected chi connectivity index (χ4v) is 2.47. The Labute approximate surface area is 105 Å². The number of nitrogens with zero attached hydrogens (tertiary/aromatic N) is 1. The van der Waals surface area contributed by atoms with Gasteiger partial charge in [-0.1, -0.05) is 12.1 Å². The number of carbonyl (C=O) groups is 1. The van der Waals surface area contributed by atoms with Crippen LogP contribution in [0.15, 0.2) is 30.5 Å². The van der Waals surface area contributed by atoms with Crippen LogP contribution in [0.25, 0.3) is 0 Å². The third-order valence-corrected chi connectivity index (χ3v) is 3.49. The highest BCUT2D eigenvalue weighted by Crippen LogP contribution is 2.32. The first-order valence-corrected chi connectivity index (χ1v) is 5.97. The second kappa shape index (κ2) is 4.29. The van der Waals surface area contributed by atoms with Crippen LogP contribution in [-0.2, 0) is 6.42 Å². The molecule has 0 fully saturated rings. The van der Waals surface area contributed by atoms with Crippen molar-refractivity contribution in [2.45, 2.75) is 18.8 Å². The van der Waals surface area contributed by atoms with Crippen LogP contribution in [0.2, 0.25) is 0 Å². The van der Waals surface area contributed by atoms with Crippen molar-refractivity contribution in [3.63, 3.8) is 0 Å².